The average molecular weight is 386 g/mol. The van der Waals surface area contributed by atoms with Crippen molar-refractivity contribution in [2.45, 2.75) is 6.18 Å². The molecule has 0 atom stereocenters. The third-order valence-electron chi connectivity index (χ3n) is 2.95. The van der Waals surface area contributed by atoms with Crippen LogP contribution in [0.15, 0.2) is 42.1 Å². The summed E-state index contributed by atoms with van der Waals surface area (Å²) in [5.74, 6) is -0.761. The highest BCUT2D eigenvalue weighted by Crippen LogP contribution is 2.31. The number of pyridine rings is 1. The van der Waals surface area contributed by atoms with Crippen LogP contribution >= 0.6 is 23.2 Å². The lowest BCUT2D eigenvalue weighted by atomic mass is 10.2. The van der Waals surface area contributed by atoms with Crippen molar-refractivity contribution in [2.24, 2.45) is 0 Å². The summed E-state index contributed by atoms with van der Waals surface area (Å²) in [6.45, 7) is 0. The lowest BCUT2D eigenvalue weighted by Crippen LogP contribution is -2.13. The van der Waals surface area contributed by atoms with Crippen LogP contribution in [0.2, 0.25) is 10.0 Å². The lowest BCUT2D eigenvalue weighted by Gasteiger charge is -2.08. The van der Waals surface area contributed by atoms with Crippen LogP contribution in [-0.4, -0.2) is 10.9 Å². The van der Waals surface area contributed by atoms with Crippen molar-refractivity contribution >= 4 is 40.9 Å². The molecule has 0 unspecified atom stereocenters. The fourth-order valence-electron chi connectivity index (χ4n) is 1.73. The number of alkyl halides is 3. The molecule has 1 aromatic heterocycles. The molecule has 1 amide bonds. The first-order valence-electron chi connectivity index (χ1n) is 6.62. The van der Waals surface area contributed by atoms with E-state index in [-0.39, 0.29) is 16.3 Å². The minimum atomic E-state index is -4.59. The number of carbonyl (C=O) groups is 1. The van der Waals surface area contributed by atoms with Crippen molar-refractivity contribution in [3.05, 3.63) is 63.4 Å². The van der Waals surface area contributed by atoms with E-state index in [9.17, 15) is 18.0 Å². The third-order valence-corrected chi connectivity index (χ3v) is 3.50. The number of benzene rings is 1. The van der Waals surface area contributed by atoms with Crippen molar-refractivity contribution < 1.29 is 18.0 Å². The van der Waals surface area contributed by atoms with Crippen molar-refractivity contribution in [3.8, 4) is 6.07 Å². The van der Waals surface area contributed by atoms with E-state index in [2.05, 4.69) is 10.3 Å². The molecule has 0 aliphatic carbocycles. The minimum Gasteiger partial charge on any atom is -0.321 e. The first-order valence-corrected chi connectivity index (χ1v) is 7.38. The molecule has 128 valence electrons. The number of hydrogen-bond acceptors (Lipinski definition) is 3. The van der Waals surface area contributed by atoms with Gasteiger partial charge in [-0.2, -0.15) is 18.4 Å². The molecular formula is C16H8Cl2F3N3O. The molecule has 1 heterocycles. The Morgan fingerprint density at radius 1 is 1.24 bits per heavy atom. The topological polar surface area (TPSA) is 65.8 Å². The van der Waals surface area contributed by atoms with E-state index in [4.69, 9.17) is 28.5 Å². The second-order valence-electron chi connectivity index (χ2n) is 4.72. The van der Waals surface area contributed by atoms with Crippen LogP contribution in [0.5, 0.6) is 0 Å². The molecule has 4 nitrogen and oxygen atoms in total. The Balaban J connectivity index is 2.26. The van der Waals surface area contributed by atoms with Gasteiger partial charge in [-0.25, -0.2) is 0 Å². The van der Waals surface area contributed by atoms with Gasteiger partial charge in [-0.15, -0.1) is 0 Å². The Labute approximate surface area is 150 Å². The highest BCUT2D eigenvalue weighted by atomic mass is 35.5. The maximum absolute atomic E-state index is 12.6. The number of nitrogens with zero attached hydrogens (tertiary/aromatic N) is 2. The molecule has 25 heavy (non-hydrogen) atoms. The zero-order valence-electron chi connectivity index (χ0n) is 12.2. The van der Waals surface area contributed by atoms with E-state index in [0.717, 1.165) is 6.08 Å². The second-order valence-corrected chi connectivity index (χ2v) is 5.56. The fourth-order valence-corrected chi connectivity index (χ4v) is 2.07. The van der Waals surface area contributed by atoms with Crippen molar-refractivity contribution in [3.63, 3.8) is 0 Å². The van der Waals surface area contributed by atoms with Crippen LogP contribution in [-0.2, 0) is 11.0 Å². The number of rotatable bonds is 3. The monoisotopic (exact) mass is 385 g/mol. The van der Waals surface area contributed by atoms with Crippen molar-refractivity contribution in [1.29, 1.82) is 5.26 Å². The normalized spacial score (nSPS) is 11.8. The molecule has 0 bridgehead atoms. The second kappa shape index (κ2) is 7.55. The molecule has 1 N–H and O–H groups in total. The molecule has 0 spiro atoms. The van der Waals surface area contributed by atoms with Crippen LogP contribution in [0.1, 0.15) is 11.3 Å². The Kier molecular flexibility index (Phi) is 5.67. The molecule has 2 rings (SSSR count). The number of halogens is 5. The Morgan fingerprint density at radius 3 is 2.40 bits per heavy atom. The standard InChI is InChI=1S/C16H8Cl2F3N3O/c17-11-1-3-12(4-2-11)24-15(25)9(7-22)5-14-13(18)6-10(8-23-14)16(19,20)21/h1-6,8H,(H,24,25)/b9-5-. The third kappa shape index (κ3) is 4.95. The van der Waals surface area contributed by atoms with Gasteiger partial charge in [0.15, 0.2) is 0 Å². The number of anilines is 1. The number of nitriles is 1. The van der Waals surface area contributed by atoms with E-state index in [1.54, 1.807) is 18.2 Å². The Bertz CT molecular complexity index is 872. The van der Waals surface area contributed by atoms with Gasteiger partial charge in [0.2, 0.25) is 0 Å². The van der Waals surface area contributed by atoms with Gasteiger partial charge >= 0.3 is 6.18 Å². The molecular weight excluding hydrogens is 378 g/mol. The Morgan fingerprint density at radius 2 is 1.88 bits per heavy atom. The number of hydrogen-bond donors (Lipinski definition) is 1. The van der Waals surface area contributed by atoms with Crippen molar-refractivity contribution in [2.75, 3.05) is 5.32 Å². The number of aromatic nitrogens is 1. The molecule has 0 fully saturated rings. The van der Waals surface area contributed by atoms with Gasteiger partial charge in [0.25, 0.3) is 5.91 Å². The van der Waals surface area contributed by atoms with Crippen LogP contribution < -0.4 is 5.32 Å². The van der Waals surface area contributed by atoms with E-state index < -0.39 is 17.6 Å². The quantitative estimate of drug-likeness (QED) is 0.600. The summed E-state index contributed by atoms with van der Waals surface area (Å²) in [5, 5.41) is 11.7. The molecule has 2 aromatic rings. The first-order chi connectivity index (χ1) is 11.7. The van der Waals surface area contributed by atoms with E-state index in [1.807, 2.05) is 0 Å². The predicted molar refractivity (Wildman–Crippen MR) is 87.9 cm³/mol. The summed E-state index contributed by atoms with van der Waals surface area (Å²) in [7, 11) is 0. The summed E-state index contributed by atoms with van der Waals surface area (Å²) in [4.78, 5) is 15.6. The number of nitrogens with one attached hydrogen (secondary N) is 1. The summed E-state index contributed by atoms with van der Waals surface area (Å²) in [5.41, 5.74) is -1.14. The zero-order valence-corrected chi connectivity index (χ0v) is 13.7. The van der Waals surface area contributed by atoms with Gasteiger partial charge < -0.3 is 5.32 Å². The lowest BCUT2D eigenvalue weighted by molar-refractivity contribution is -0.137. The van der Waals surface area contributed by atoms with Crippen LogP contribution in [0.3, 0.4) is 0 Å². The van der Waals surface area contributed by atoms with Gasteiger partial charge in [-0.3, -0.25) is 9.78 Å². The number of carbonyl (C=O) groups excluding carboxylic acids is 1. The van der Waals surface area contributed by atoms with Gasteiger partial charge in [0, 0.05) is 16.9 Å². The summed E-state index contributed by atoms with van der Waals surface area (Å²) >= 11 is 11.5. The molecule has 0 saturated carbocycles. The fraction of sp³-hybridized carbons (Fsp3) is 0.0625. The molecule has 0 saturated heterocycles. The number of amides is 1. The highest BCUT2D eigenvalue weighted by molar-refractivity contribution is 6.32. The molecule has 9 heteroatoms. The van der Waals surface area contributed by atoms with Gasteiger partial charge in [-0.1, -0.05) is 23.2 Å². The molecule has 1 aromatic carbocycles. The van der Waals surface area contributed by atoms with Gasteiger partial charge in [-0.05, 0) is 36.4 Å². The average Bonchev–Trinajstić information content (AvgIpc) is 2.54. The first kappa shape index (κ1) is 18.8. The molecule has 0 radical (unpaired) electrons. The summed E-state index contributed by atoms with van der Waals surface area (Å²) < 4.78 is 37.8. The minimum absolute atomic E-state index is 0.127. The van der Waals surface area contributed by atoms with E-state index in [0.29, 0.717) is 23.0 Å². The zero-order chi connectivity index (χ0) is 18.6. The SMILES string of the molecule is N#C/C(=C/c1ncc(C(F)(F)F)cc1Cl)C(=O)Nc1ccc(Cl)cc1. The summed E-state index contributed by atoms with van der Waals surface area (Å²) in [6.07, 6.45) is -3.01. The molecule has 0 aliphatic heterocycles. The molecule has 0 aliphatic rings. The van der Waals surface area contributed by atoms with Crippen LogP contribution in [0.4, 0.5) is 18.9 Å². The van der Waals surface area contributed by atoms with Crippen LogP contribution in [0, 0.1) is 11.3 Å². The highest BCUT2D eigenvalue weighted by Gasteiger charge is 2.31. The predicted octanol–water partition coefficient (Wildman–Crippen LogP) is 4.95. The van der Waals surface area contributed by atoms with E-state index >= 15 is 0 Å². The van der Waals surface area contributed by atoms with E-state index in [1.165, 1.54) is 12.1 Å². The van der Waals surface area contributed by atoms with Crippen molar-refractivity contribution in [1.82, 2.24) is 4.98 Å². The van der Waals surface area contributed by atoms with Gasteiger partial charge in [0.05, 0.1) is 16.3 Å². The largest absolute Gasteiger partial charge is 0.417 e. The Hall–Kier alpha value is -2.56. The smallest absolute Gasteiger partial charge is 0.321 e. The maximum atomic E-state index is 12.6. The van der Waals surface area contributed by atoms with Gasteiger partial charge in [0.1, 0.15) is 11.6 Å². The van der Waals surface area contributed by atoms with Crippen LogP contribution in [0.25, 0.3) is 6.08 Å². The maximum Gasteiger partial charge on any atom is 0.417 e. The summed E-state index contributed by atoms with van der Waals surface area (Å²) in [6, 6.07) is 8.47.